The van der Waals surface area contributed by atoms with Crippen molar-refractivity contribution in [2.45, 2.75) is 38.3 Å². The fourth-order valence-corrected chi connectivity index (χ4v) is 3.31. The molecule has 3 heteroatoms. The summed E-state index contributed by atoms with van der Waals surface area (Å²) < 4.78 is 0. The Morgan fingerprint density at radius 3 is 2.56 bits per heavy atom. The van der Waals surface area contributed by atoms with E-state index in [4.69, 9.17) is 0 Å². The summed E-state index contributed by atoms with van der Waals surface area (Å²) in [5.41, 5.74) is 1.34. The van der Waals surface area contributed by atoms with Crippen LogP contribution in [0.5, 0.6) is 0 Å². The second-order valence-electron chi connectivity index (χ2n) is 5.61. The maximum atomic E-state index is 4.19. The van der Waals surface area contributed by atoms with E-state index in [1.807, 2.05) is 18.5 Å². The molecule has 1 saturated carbocycles. The Kier molecular flexibility index (Phi) is 3.91. The van der Waals surface area contributed by atoms with Crippen molar-refractivity contribution >= 4 is 0 Å². The van der Waals surface area contributed by atoms with Gasteiger partial charge in [-0.1, -0.05) is 18.9 Å². The van der Waals surface area contributed by atoms with Gasteiger partial charge in [-0.2, -0.15) is 0 Å². The molecule has 2 heterocycles. The van der Waals surface area contributed by atoms with E-state index in [0.29, 0.717) is 0 Å². The Morgan fingerprint density at radius 1 is 1.11 bits per heavy atom. The molecule has 98 valence electrons. The lowest BCUT2D eigenvalue weighted by atomic mass is 10.1. The highest BCUT2D eigenvalue weighted by Gasteiger charge is 2.25. The monoisotopic (exact) mass is 245 g/mol. The first-order valence-electron chi connectivity index (χ1n) is 7.27. The van der Waals surface area contributed by atoms with E-state index in [9.17, 15) is 0 Å². The molecule has 18 heavy (non-hydrogen) atoms. The van der Waals surface area contributed by atoms with E-state index >= 15 is 0 Å². The molecule has 0 aromatic carbocycles. The lowest BCUT2D eigenvalue weighted by molar-refractivity contribution is 0.0936. The second kappa shape index (κ2) is 5.81. The molecule has 0 unspecified atom stereocenters. The van der Waals surface area contributed by atoms with E-state index in [0.717, 1.165) is 12.6 Å². The van der Waals surface area contributed by atoms with Crippen molar-refractivity contribution in [3.05, 3.63) is 30.1 Å². The topological polar surface area (TPSA) is 19.4 Å². The molecule has 3 nitrogen and oxygen atoms in total. The zero-order chi connectivity index (χ0) is 12.2. The molecule has 3 rings (SSSR count). The Hall–Kier alpha value is -0.930. The van der Waals surface area contributed by atoms with Gasteiger partial charge in [-0.05, 0) is 24.5 Å². The average molecular weight is 245 g/mol. The molecule has 0 N–H and O–H groups in total. The van der Waals surface area contributed by atoms with Crippen LogP contribution in [0.1, 0.15) is 31.2 Å². The maximum Gasteiger partial charge on any atom is 0.0312 e. The molecule has 1 aliphatic heterocycles. The van der Waals surface area contributed by atoms with E-state index in [2.05, 4.69) is 20.9 Å². The highest BCUT2D eigenvalue weighted by Crippen LogP contribution is 2.24. The summed E-state index contributed by atoms with van der Waals surface area (Å²) in [4.78, 5) is 9.46. The third kappa shape index (κ3) is 2.90. The summed E-state index contributed by atoms with van der Waals surface area (Å²) in [6.45, 7) is 6.00. The van der Waals surface area contributed by atoms with E-state index in [1.165, 1.54) is 57.4 Å². The smallest absolute Gasteiger partial charge is 0.0312 e. The Balaban J connectivity index is 1.48. The molecule has 0 bridgehead atoms. The molecule has 1 aliphatic carbocycles. The molecule has 2 fully saturated rings. The Morgan fingerprint density at radius 2 is 1.89 bits per heavy atom. The minimum absolute atomic E-state index is 0.894. The van der Waals surface area contributed by atoms with Crippen molar-refractivity contribution in [3.63, 3.8) is 0 Å². The van der Waals surface area contributed by atoms with E-state index in [1.54, 1.807) is 0 Å². The molecule has 0 spiro atoms. The maximum absolute atomic E-state index is 4.19. The van der Waals surface area contributed by atoms with Crippen LogP contribution in [0.15, 0.2) is 24.5 Å². The van der Waals surface area contributed by atoms with Gasteiger partial charge in [0.1, 0.15) is 0 Å². The van der Waals surface area contributed by atoms with Crippen LogP contribution in [0.3, 0.4) is 0 Å². The van der Waals surface area contributed by atoms with Crippen LogP contribution in [0, 0.1) is 0 Å². The number of hydrogen-bond acceptors (Lipinski definition) is 3. The highest BCUT2D eigenvalue weighted by molar-refractivity contribution is 5.08. The standard InChI is InChI=1S/C15H23N3/c1-2-6-15(5-1)18-10-8-17(9-11-18)13-14-4-3-7-16-12-14/h3-4,7,12,15H,1-2,5-6,8-11,13H2. The first-order chi connectivity index (χ1) is 8.92. The summed E-state index contributed by atoms with van der Waals surface area (Å²) in [6, 6.07) is 5.10. The lowest BCUT2D eigenvalue weighted by Crippen LogP contribution is -2.49. The van der Waals surface area contributed by atoms with Gasteiger partial charge in [0.25, 0.3) is 0 Å². The number of pyridine rings is 1. The Labute approximate surface area is 110 Å². The average Bonchev–Trinajstić information content (AvgIpc) is 2.95. The fourth-order valence-electron chi connectivity index (χ4n) is 3.31. The zero-order valence-corrected chi connectivity index (χ0v) is 11.1. The van der Waals surface area contributed by atoms with Crippen LogP contribution in [0.25, 0.3) is 0 Å². The van der Waals surface area contributed by atoms with Gasteiger partial charge in [0.2, 0.25) is 0 Å². The third-order valence-electron chi connectivity index (χ3n) is 4.38. The summed E-state index contributed by atoms with van der Waals surface area (Å²) >= 11 is 0. The van der Waals surface area contributed by atoms with Crippen molar-refractivity contribution in [3.8, 4) is 0 Å². The number of aromatic nitrogens is 1. The summed E-state index contributed by atoms with van der Waals surface area (Å²) in [5.74, 6) is 0. The van der Waals surface area contributed by atoms with Gasteiger partial charge in [-0.3, -0.25) is 14.8 Å². The molecular formula is C15H23N3. The number of nitrogens with zero attached hydrogens (tertiary/aromatic N) is 3. The van der Waals surface area contributed by atoms with Crippen LogP contribution < -0.4 is 0 Å². The van der Waals surface area contributed by atoms with Crippen molar-refractivity contribution in [1.82, 2.24) is 14.8 Å². The predicted octanol–water partition coefficient (Wildman–Crippen LogP) is 2.14. The quantitative estimate of drug-likeness (QED) is 0.813. The van der Waals surface area contributed by atoms with Crippen molar-refractivity contribution in [2.24, 2.45) is 0 Å². The van der Waals surface area contributed by atoms with Gasteiger partial charge in [0.05, 0.1) is 0 Å². The van der Waals surface area contributed by atoms with E-state index in [-0.39, 0.29) is 0 Å². The fraction of sp³-hybridized carbons (Fsp3) is 0.667. The molecule has 0 atom stereocenters. The number of rotatable bonds is 3. The van der Waals surface area contributed by atoms with Crippen LogP contribution in [-0.4, -0.2) is 47.0 Å². The molecule has 1 saturated heterocycles. The number of hydrogen-bond donors (Lipinski definition) is 0. The van der Waals surface area contributed by atoms with Gasteiger partial charge < -0.3 is 0 Å². The van der Waals surface area contributed by atoms with E-state index < -0.39 is 0 Å². The summed E-state index contributed by atoms with van der Waals surface area (Å²) in [7, 11) is 0. The van der Waals surface area contributed by atoms with Gasteiger partial charge in [0.15, 0.2) is 0 Å². The van der Waals surface area contributed by atoms with Crippen LogP contribution in [0.4, 0.5) is 0 Å². The Bertz CT molecular complexity index is 351. The van der Waals surface area contributed by atoms with Crippen LogP contribution in [0.2, 0.25) is 0 Å². The third-order valence-corrected chi connectivity index (χ3v) is 4.38. The van der Waals surface area contributed by atoms with Gasteiger partial charge in [-0.25, -0.2) is 0 Å². The lowest BCUT2D eigenvalue weighted by Gasteiger charge is -2.38. The summed E-state index contributed by atoms with van der Waals surface area (Å²) in [6.07, 6.45) is 9.59. The van der Waals surface area contributed by atoms with Gasteiger partial charge in [0, 0.05) is 51.2 Å². The molecule has 2 aliphatic rings. The minimum atomic E-state index is 0.894. The molecular weight excluding hydrogens is 222 g/mol. The first kappa shape index (κ1) is 12.1. The van der Waals surface area contributed by atoms with Crippen molar-refractivity contribution < 1.29 is 0 Å². The summed E-state index contributed by atoms with van der Waals surface area (Å²) in [5, 5.41) is 0. The number of piperazine rings is 1. The largest absolute Gasteiger partial charge is 0.298 e. The predicted molar refractivity (Wildman–Crippen MR) is 73.3 cm³/mol. The molecule has 0 radical (unpaired) electrons. The van der Waals surface area contributed by atoms with Gasteiger partial charge in [-0.15, -0.1) is 0 Å². The van der Waals surface area contributed by atoms with Crippen molar-refractivity contribution in [1.29, 1.82) is 0 Å². The molecule has 1 aromatic rings. The van der Waals surface area contributed by atoms with Crippen LogP contribution in [-0.2, 0) is 6.54 Å². The normalized spacial score (nSPS) is 23.6. The van der Waals surface area contributed by atoms with Crippen LogP contribution >= 0.6 is 0 Å². The first-order valence-corrected chi connectivity index (χ1v) is 7.27. The highest BCUT2D eigenvalue weighted by atomic mass is 15.3. The zero-order valence-electron chi connectivity index (χ0n) is 11.1. The molecule has 1 aromatic heterocycles. The second-order valence-corrected chi connectivity index (χ2v) is 5.61. The molecule has 0 amide bonds. The van der Waals surface area contributed by atoms with Crippen molar-refractivity contribution in [2.75, 3.05) is 26.2 Å². The minimum Gasteiger partial charge on any atom is -0.298 e. The SMILES string of the molecule is c1cncc(CN2CCN(C3CCCC3)CC2)c1. The van der Waals surface area contributed by atoms with Gasteiger partial charge >= 0.3 is 0 Å².